The van der Waals surface area contributed by atoms with Crippen molar-refractivity contribution < 1.29 is 14.6 Å². The van der Waals surface area contributed by atoms with Gasteiger partial charge in [0.15, 0.2) is 0 Å². The van der Waals surface area contributed by atoms with Crippen LogP contribution in [0.4, 0.5) is 0 Å². The molecule has 0 saturated heterocycles. The molecule has 2 atom stereocenters. The summed E-state index contributed by atoms with van der Waals surface area (Å²) in [5.74, 6) is 0.159. The van der Waals surface area contributed by atoms with Crippen molar-refractivity contribution in [3.05, 3.63) is 0 Å². The average Bonchev–Trinajstić information content (AvgIpc) is 2.27. The molecule has 0 aromatic rings. The number of nitrogens with one attached hydrogen (secondary N) is 1. The van der Waals surface area contributed by atoms with E-state index in [0.29, 0.717) is 6.61 Å². The predicted octanol–water partition coefficient (Wildman–Crippen LogP) is 0.690. The van der Waals surface area contributed by atoms with Crippen molar-refractivity contribution in [2.24, 2.45) is 5.92 Å². The Kier molecular flexibility index (Phi) is 5.65. The molecule has 0 aromatic carbocycles. The first-order chi connectivity index (χ1) is 7.27. The van der Waals surface area contributed by atoms with Crippen molar-refractivity contribution in [2.45, 2.75) is 38.6 Å². The van der Waals surface area contributed by atoms with E-state index in [1.807, 2.05) is 6.92 Å². The van der Waals surface area contributed by atoms with Gasteiger partial charge in [0, 0.05) is 25.2 Å². The lowest BCUT2D eigenvalue weighted by molar-refractivity contribution is -0.127. The summed E-state index contributed by atoms with van der Waals surface area (Å²) in [6, 6.07) is 0.136. The number of amides is 1. The first-order valence-corrected chi connectivity index (χ1v) is 5.76. The van der Waals surface area contributed by atoms with Crippen molar-refractivity contribution in [1.29, 1.82) is 0 Å². The highest BCUT2D eigenvalue weighted by Gasteiger charge is 2.25. The minimum atomic E-state index is -0.0674. The fourth-order valence-electron chi connectivity index (χ4n) is 2.06. The fourth-order valence-corrected chi connectivity index (χ4v) is 2.06. The molecule has 0 heterocycles. The van der Waals surface area contributed by atoms with E-state index in [1.54, 1.807) is 0 Å². The van der Waals surface area contributed by atoms with Gasteiger partial charge in [0.1, 0.15) is 6.61 Å². The van der Waals surface area contributed by atoms with Crippen molar-refractivity contribution in [1.82, 2.24) is 5.32 Å². The van der Waals surface area contributed by atoms with Crippen LogP contribution in [-0.4, -0.2) is 36.9 Å². The van der Waals surface area contributed by atoms with E-state index in [-0.39, 0.29) is 31.1 Å². The Morgan fingerprint density at radius 3 is 2.87 bits per heavy atom. The Labute approximate surface area is 91.0 Å². The number of aliphatic hydroxyl groups excluding tert-OH is 1. The van der Waals surface area contributed by atoms with Crippen LogP contribution in [0, 0.1) is 5.92 Å². The molecule has 0 aromatic heterocycles. The maximum atomic E-state index is 11.4. The SMILES string of the molecule is CCOCC(=O)NC1CCCCC1CO. The Bertz CT molecular complexity index is 196. The van der Waals surface area contributed by atoms with Crippen LogP contribution in [0.5, 0.6) is 0 Å². The van der Waals surface area contributed by atoms with Crippen LogP contribution in [0.15, 0.2) is 0 Å². The normalized spacial score (nSPS) is 26.3. The second-order valence-corrected chi connectivity index (χ2v) is 4.04. The zero-order valence-electron chi connectivity index (χ0n) is 9.37. The molecule has 1 aliphatic rings. The molecule has 15 heavy (non-hydrogen) atoms. The highest BCUT2D eigenvalue weighted by atomic mass is 16.5. The van der Waals surface area contributed by atoms with Crippen molar-refractivity contribution in [2.75, 3.05) is 19.8 Å². The lowest BCUT2D eigenvalue weighted by atomic mass is 9.85. The smallest absolute Gasteiger partial charge is 0.246 e. The van der Waals surface area contributed by atoms with Gasteiger partial charge in [-0.3, -0.25) is 4.79 Å². The van der Waals surface area contributed by atoms with Gasteiger partial charge in [-0.1, -0.05) is 12.8 Å². The molecular formula is C11H21NO3. The predicted molar refractivity (Wildman–Crippen MR) is 57.5 cm³/mol. The van der Waals surface area contributed by atoms with Crippen LogP contribution in [0.1, 0.15) is 32.6 Å². The molecule has 1 amide bonds. The van der Waals surface area contributed by atoms with Gasteiger partial charge in [-0.15, -0.1) is 0 Å². The summed E-state index contributed by atoms with van der Waals surface area (Å²) < 4.78 is 5.03. The van der Waals surface area contributed by atoms with Gasteiger partial charge < -0.3 is 15.2 Å². The zero-order valence-corrected chi connectivity index (χ0v) is 9.37. The lowest BCUT2D eigenvalue weighted by Crippen LogP contribution is -2.44. The number of ether oxygens (including phenoxy) is 1. The maximum Gasteiger partial charge on any atom is 0.246 e. The van der Waals surface area contributed by atoms with E-state index >= 15 is 0 Å². The summed E-state index contributed by atoms with van der Waals surface area (Å²) in [5.41, 5.74) is 0. The Hall–Kier alpha value is -0.610. The molecule has 4 heteroatoms. The fraction of sp³-hybridized carbons (Fsp3) is 0.909. The van der Waals surface area contributed by atoms with Crippen LogP contribution < -0.4 is 5.32 Å². The molecule has 88 valence electrons. The standard InChI is InChI=1S/C11H21NO3/c1-2-15-8-11(14)12-10-6-4-3-5-9(10)7-13/h9-10,13H,2-8H2,1H3,(H,12,14). The molecule has 0 aliphatic heterocycles. The summed E-state index contributed by atoms with van der Waals surface area (Å²) in [6.45, 7) is 2.72. The first-order valence-electron chi connectivity index (χ1n) is 5.76. The lowest BCUT2D eigenvalue weighted by Gasteiger charge is -2.30. The summed E-state index contributed by atoms with van der Waals surface area (Å²) in [5, 5.41) is 12.1. The van der Waals surface area contributed by atoms with Gasteiger partial charge in [-0.2, -0.15) is 0 Å². The van der Waals surface area contributed by atoms with Crippen LogP contribution in [0.2, 0.25) is 0 Å². The summed E-state index contributed by atoms with van der Waals surface area (Å²) in [4.78, 5) is 11.4. The zero-order chi connectivity index (χ0) is 11.1. The molecular weight excluding hydrogens is 194 g/mol. The van der Waals surface area contributed by atoms with Gasteiger partial charge in [0.25, 0.3) is 0 Å². The quantitative estimate of drug-likeness (QED) is 0.709. The highest BCUT2D eigenvalue weighted by Crippen LogP contribution is 2.23. The van der Waals surface area contributed by atoms with Crippen LogP contribution in [0.25, 0.3) is 0 Å². The van der Waals surface area contributed by atoms with E-state index in [1.165, 1.54) is 0 Å². The summed E-state index contributed by atoms with van der Waals surface area (Å²) >= 11 is 0. The number of hydrogen-bond donors (Lipinski definition) is 2. The van der Waals surface area contributed by atoms with Crippen molar-refractivity contribution >= 4 is 5.91 Å². The summed E-state index contributed by atoms with van der Waals surface area (Å²) in [6.07, 6.45) is 4.28. The molecule has 1 fully saturated rings. The van der Waals surface area contributed by atoms with Gasteiger partial charge in [0.2, 0.25) is 5.91 Å². The molecule has 0 bridgehead atoms. The number of hydrogen-bond acceptors (Lipinski definition) is 3. The summed E-state index contributed by atoms with van der Waals surface area (Å²) in [7, 11) is 0. The molecule has 1 aliphatic carbocycles. The van der Waals surface area contributed by atoms with Gasteiger partial charge in [-0.25, -0.2) is 0 Å². The van der Waals surface area contributed by atoms with E-state index in [9.17, 15) is 4.79 Å². The minimum absolute atomic E-state index is 0.0674. The molecule has 0 radical (unpaired) electrons. The molecule has 0 spiro atoms. The molecule has 1 rings (SSSR count). The van der Waals surface area contributed by atoms with E-state index in [0.717, 1.165) is 25.7 Å². The first kappa shape index (κ1) is 12.5. The Balaban J connectivity index is 2.30. The number of carbonyl (C=O) groups excluding carboxylic acids is 1. The Morgan fingerprint density at radius 1 is 1.47 bits per heavy atom. The van der Waals surface area contributed by atoms with E-state index in [2.05, 4.69) is 5.32 Å². The molecule has 2 unspecified atom stereocenters. The minimum Gasteiger partial charge on any atom is -0.396 e. The van der Waals surface area contributed by atoms with Gasteiger partial charge in [-0.05, 0) is 19.8 Å². The Morgan fingerprint density at radius 2 is 2.20 bits per heavy atom. The second kappa shape index (κ2) is 6.80. The van der Waals surface area contributed by atoms with Crippen molar-refractivity contribution in [3.63, 3.8) is 0 Å². The highest BCUT2D eigenvalue weighted by molar-refractivity contribution is 5.77. The molecule has 2 N–H and O–H groups in total. The van der Waals surface area contributed by atoms with Gasteiger partial charge >= 0.3 is 0 Å². The topological polar surface area (TPSA) is 58.6 Å². The largest absolute Gasteiger partial charge is 0.396 e. The van der Waals surface area contributed by atoms with Crippen LogP contribution in [0.3, 0.4) is 0 Å². The van der Waals surface area contributed by atoms with E-state index in [4.69, 9.17) is 9.84 Å². The van der Waals surface area contributed by atoms with Crippen molar-refractivity contribution in [3.8, 4) is 0 Å². The molecule has 4 nitrogen and oxygen atoms in total. The average molecular weight is 215 g/mol. The number of carbonyl (C=O) groups is 1. The van der Waals surface area contributed by atoms with Crippen LogP contribution in [-0.2, 0) is 9.53 Å². The maximum absolute atomic E-state index is 11.4. The second-order valence-electron chi connectivity index (χ2n) is 4.04. The van der Waals surface area contributed by atoms with Crippen LogP contribution >= 0.6 is 0 Å². The third kappa shape index (κ3) is 4.18. The van der Waals surface area contributed by atoms with E-state index < -0.39 is 0 Å². The third-order valence-corrected chi connectivity index (χ3v) is 2.93. The third-order valence-electron chi connectivity index (χ3n) is 2.93. The molecule has 1 saturated carbocycles. The monoisotopic (exact) mass is 215 g/mol. The number of aliphatic hydroxyl groups is 1. The van der Waals surface area contributed by atoms with Gasteiger partial charge in [0.05, 0.1) is 0 Å². The number of rotatable bonds is 5.